The van der Waals surface area contributed by atoms with Crippen LogP contribution in [-0.2, 0) is 10.0 Å². The number of anilines is 2. The predicted molar refractivity (Wildman–Crippen MR) is 97.0 cm³/mol. The smallest absolute Gasteiger partial charge is 0.271 e. The summed E-state index contributed by atoms with van der Waals surface area (Å²) in [5, 5.41) is 0. The normalized spacial score (nSPS) is 16.1. The first kappa shape index (κ1) is 16.3. The third-order valence-corrected chi connectivity index (χ3v) is 6.95. The molecule has 0 saturated carbocycles. The highest BCUT2D eigenvalue weighted by Crippen LogP contribution is 2.25. The van der Waals surface area contributed by atoms with Crippen LogP contribution >= 0.6 is 11.3 Å². The largest absolute Gasteiger partial charge is 0.372 e. The topological polar surface area (TPSA) is 49.4 Å². The van der Waals surface area contributed by atoms with Gasteiger partial charge in [-0.05, 0) is 56.2 Å². The Balaban J connectivity index is 1.72. The second-order valence-electron chi connectivity index (χ2n) is 5.92. The zero-order valence-corrected chi connectivity index (χ0v) is 14.9. The van der Waals surface area contributed by atoms with E-state index in [4.69, 9.17) is 0 Å². The van der Waals surface area contributed by atoms with Crippen molar-refractivity contribution in [3.8, 4) is 0 Å². The molecular weight excluding hydrogens is 328 g/mol. The van der Waals surface area contributed by atoms with Crippen LogP contribution in [0.5, 0.6) is 0 Å². The lowest BCUT2D eigenvalue weighted by Crippen LogP contribution is -2.23. The minimum atomic E-state index is -3.48. The lowest BCUT2D eigenvalue weighted by molar-refractivity contribution is 0.603. The van der Waals surface area contributed by atoms with Crippen molar-refractivity contribution in [2.75, 3.05) is 22.7 Å². The third-order valence-electron chi connectivity index (χ3n) is 4.07. The highest BCUT2D eigenvalue weighted by molar-refractivity contribution is 7.94. The number of aryl methyl sites for hydroxylation is 1. The van der Waals surface area contributed by atoms with Crippen LogP contribution in [0.3, 0.4) is 0 Å². The van der Waals surface area contributed by atoms with Crippen molar-refractivity contribution in [3.63, 3.8) is 0 Å². The summed E-state index contributed by atoms with van der Waals surface area (Å²) in [6.07, 6.45) is 5.06. The van der Waals surface area contributed by atoms with Gasteiger partial charge in [0.2, 0.25) is 0 Å². The molecule has 6 heteroatoms. The van der Waals surface area contributed by atoms with E-state index >= 15 is 0 Å². The minimum Gasteiger partial charge on any atom is -0.372 e. The molecule has 2 heterocycles. The van der Waals surface area contributed by atoms with Gasteiger partial charge in [0.05, 0.1) is 0 Å². The van der Waals surface area contributed by atoms with Crippen molar-refractivity contribution < 1.29 is 8.42 Å². The van der Waals surface area contributed by atoms with Gasteiger partial charge in [-0.15, -0.1) is 11.3 Å². The average molecular weight is 351 g/mol. The van der Waals surface area contributed by atoms with Crippen LogP contribution < -0.4 is 9.62 Å². The highest BCUT2D eigenvalue weighted by atomic mass is 32.2. The molecule has 1 saturated heterocycles. The summed E-state index contributed by atoms with van der Waals surface area (Å²) in [5.41, 5.74) is 1.77. The van der Waals surface area contributed by atoms with Crippen LogP contribution in [0.1, 0.15) is 30.6 Å². The van der Waals surface area contributed by atoms with Crippen LogP contribution in [-0.4, -0.2) is 21.5 Å². The quantitative estimate of drug-likeness (QED) is 0.897. The minimum absolute atomic E-state index is 0.353. The van der Waals surface area contributed by atoms with Gasteiger partial charge >= 0.3 is 0 Å². The maximum absolute atomic E-state index is 12.3. The van der Waals surface area contributed by atoms with Crippen molar-refractivity contribution in [2.45, 2.75) is 36.8 Å². The number of hydrogen-bond acceptors (Lipinski definition) is 4. The molecule has 0 radical (unpaired) electrons. The van der Waals surface area contributed by atoms with E-state index in [1.807, 2.05) is 37.3 Å². The molecule has 124 valence electrons. The van der Waals surface area contributed by atoms with E-state index in [1.165, 1.54) is 42.7 Å². The molecular formula is C17H22N2O2S2. The molecule has 4 nitrogen and oxygen atoms in total. The molecule has 0 unspecified atom stereocenters. The average Bonchev–Trinajstić information content (AvgIpc) is 2.81. The van der Waals surface area contributed by atoms with Crippen molar-refractivity contribution in [1.82, 2.24) is 0 Å². The number of thiophene rings is 1. The molecule has 0 bridgehead atoms. The fraction of sp³-hybridized carbons (Fsp3) is 0.412. The van der Waals surface area contributed by atoms with E-state index < -0.39 is 10.0 Å². The van der Waals surface area contributed by atoms with Crippen LogP contribution in [0.15, 0.2) is 40.6 Å². The Hall–Kier alpha value is -1.53. The zero-order valence-electron chi connectivity index (χ0n) is 13.3. The molecule has 0 aliphatic carbocycles. The van der Waals surface area contributed by atoms with Gasteiger partial charge in [-0.3, -0.25) is 4.72 Å². The van der Waals surface area contributed by atoms with E-state index in [0.29, 0.717) is 9.90 Å². The van der Waals surface area contributed by atoms with Gasteiger partial charge in [-0.1, -0.05) is 12.8 Å². The van der Waals surface area contributed by atoms with Crippen LogP contribution in [0.2, 0.25) is 0 Å². The summed E-state index contributed by atoms with van der Waals surface area (Å²) in [6.45, 7) is 4.07. The van der Waals surface area contributed by atoms with Gasteiger partial charge in [-0.2, -0.15) is 0 Å². The Bertz CT molecular complexity index is 743. The molecule has 23 heavy (non-hydrogen) atoms. The Morgan fingerprint density at radius 1 is 0.957 bits per heavy atom. The molecule has 1 N–H and O–H groups in total. The number of nitrogens with zero attached hydrogens (tertiary/aromatic N) is 1. The fourth-order valence-electron chi connectivity index (χ4n) is 2.83. The lowest BCUT2D eigenvalue weighted by atomic mass is 10.2. The number of nitrogens with one attached hydrogen (secondary N) is 1. The number of sulfonamides is 1. The zero-order chi connectivity index (χ0) is 16.3. The van der Waals surface area contributed by atoms with Crippen molar-refractivity contribution in [2.24, 2.45) is 0 Å². The predicted octanol–water partition coefficient (Wildman–Crippen LogP) is 4.24. The maximum Gasteiger partial charge on any atom is 0.271 e. The summed E-state index contributed by atoms with van der Waals surface area (Å²) in [4.78, 5) is 3.37. The standard InChI is InChI=1S/C17H22N2O2S2/c1-14-6-11-17(22-14)23(20,21)18-15-7-9-16(10-8-15)19-12-4-2-3-5-13-19/h6-11,18H,2-5,12-13H2,1H3. The van der Waals surface area contributed by atoms with E-state index in [1.54, 1.807) is 6.07 Å². The monoisotopic (exact) mass is 350 g/mol. The van der Waals surface area contributed by atoms with Crippen molar-refractivity contribution >= 4 is 32.7 Å². The number of rotatable bonds is 4. The lowest BCUT2D eigenvalue weighted by Gasteiger charge is -2.22. The molecule has 1 fully saturated rings. The summed E-state index contributed by atoms with van der Waals surface area (Å²) >= 11 is 1.28. The van der Waals surface area contributed by atoms with Crippen molar-refractivity contribution in [1.29, 1.82) is 0 Å². The number of benzene rings is 1. The highest BCUT2D eigenvalue weighted by Gasteiger charge is 2.16. The first-order valence-electron chi connectivity index (χ1n) is 7.99. The van der Waals surface area contributed by atoms with Crippen LogP contribution in [0, 0.1) is 6.92 Å². The van der Waals surface area contributed by atoms with E-state index in [0.717, 1.165) is 18.0 Å². The Labute approximate surface area is 142 Å². The molecule has 1 aliphatic rings. The summed E-state index contributed by atoms with van der Waals surface area (Å²) in [5.74, 6) is 0. The van der Waals surface area contributed by atoms with E-state index in [-0.39, 0.29) is 0 Å². The summed E-state index contributed by atoms with van der Waals surface area (Å²) in [7, 11) is -3.48. The van der Waals surface area contributed by atoms with Gasteiger partial charge in [0.25, 0.3) is 10.0 Å². The summed E-state index contributed by atoms with van der Waals surface area (Å²) in [6, 6.07) is 11.2. The van der Waals surface area contributed by atoms with Gasteiger partial charge in [0.1, 0.15) is 4.21 Å². The first-order chi connectivity index (χ1) is 11.0. The second-order valence-corrected chi connectivity index (χ2v) is 9.12. The maximum atomic E-state index is 12.3. The van der Waals surface area contributed by atoms with E-state index in [9.17, 15) is 8.42 Å². The molecule has 0 atom stereocenters. The van der Waals surface area contributed by atoms with Gasteiger partial charge in [0.15, 0.2) is 0 Å². The van der Waals surface area contributed by atoms with Gasteiger partial charge in [-0.25, -0.2) is 8.42 Å². The molecule has 3 rings (SSSR count). The molecule has 0 amide bonds. The molecule has 0 spiro atoms. The molecule has 1 aromatic heterocycles. The Kier molecular flexibility index (Phi) is 4.92. The third kappa shape index (κ3) is 4.06. The fourth-order valence-corrected chi connectivity index (χ4v) is 5.17. The molecule has 1 aliphatic heterocycles. The number of hydrogen-bond donors (Lipinski definition) is 1. The first-order valence-corrected chi connectivity index (χ1v) is 10.3. The molecule has 1 aromatic carbocycles. The van der Waals surface area contributed by atoms with Crippen LogP contribution in [0.4, 0.5) is 11.4 Å². The second kappa shape index (κ2) is 6.93. The molecule has 2 aromatic rings. The Morgan fingerprint density at radius 2 is 1.61 bits per heavy atom. The Morgan fingerprint density at radius 3 is 2.17 bits per heavy atom. The van der Waals surface area contributed by atoms with Crippen LogP contribution in [0.25, 0.3) is 0 Å². The SMILES string of the molecule is Cc1ccc(S(=O)(=O)Nc2ccc(N3CCCCCC3)cc2)s1. The van der Waals surface area contributed by atoms with Crippen molar-refractivity contribution in [3.05, 3.63) is 41.3 Å². The van der Waals surface area contributed by atoms with E-state index in [2.05, 4.69) is 9.62 Å². The van der Waals surface area contributed by atoms with Gasteiger partial charge in [0, 0.05) is 29.3 Å². The van der Waals surface area contributed by atoms with Gasteiger partial charge < -0.3 is 4.90 Å². The summed E-state index contributed by atoms with van der Waals surface area (Å²) < 4.78 is 27.7.